The number of likely N-dealkylation sites (tertiary alicyclic amines) is 1. The van der Waals surface area contributed by atoms with Crippen LogP contribution in [0.1, 0.15) is 12.5 Å². The smallest absolute Gasteiger partial charge is 0.106 e. The van der Waals surface area contributed by atoms with Crippen LogP contribution < -0.4 is 0 Å². The molecule has 0 bridgehead atoms. The first-order valence-electron chi connectivity index (χ1n) is 5.19. The molecule has 0 aromatic heterocycles. The molecular formula is C12H16BrNO. The summed E-state index contributed by atoms with van der Waals surface area (Å²) < 4.78 is 1.05. The molecule has 2 rings (SSSR count). The van der Waals surface area contributed by atoms with Gasteiger partial charge in [-0.3, -0.25) is 0 Å². The van der Waals surface area contributed by atoms with E-state index in [-0.39, 0.29) is 5.92 Å². The summed E-state index contributed by atoms with van der Waals surface area (Å²) >= 11 is 3.41. The predicted octanol–water partition coefficient (Wildman–Crippen LogP) is 2.22. The van der Waals surface area contributed by atoms with Gasteiger partial charge < -0.3 is 10.0 Å². The summed E-state index contributed by atoms with van der Waals surface area (Å²) in [4.78, 5) is 2.17. The van der Waals surface area contributed by atoms with Crippen LogP contribution in [-0.2, 0) is 5.60 Å². The minimum absolute atomic E-state index is 0.281. The van der Waals surface area contributed by atoms with Crippen LogP contribution >= 0.6 is 15.9 Å². The van der Waals surface area contributed by atoms with Gasteiger partial charge in [-0.25, -0.2) is 0 Å². The molecule has 15 heavy (non-hydrogen) atoms. The van der Waals surface area contributed by atoms with Gasteiger partial charge in [0.2, 0.25) is 0 Å². The molecule has 0 aliphatic carbocycles. The van der Waals surface area contributed by atoms with Crippen molar-refractivity contribution >= 4 is 15.9 Å². The minimum atomic E-state index is -0.685. The molecule has 1 aliphatic rings. The van der Waals surface area contributed by atoms with Crippen LogP contribution in [0, 0.1) is 5.92 Å². The van der Waals surface area contributed by atoms with Gasteiger partial charge in [0.25, 0.3) is 0 Å². The Bertz CT molecular complexity index is 351. The van der Waals surface area contributed by atoms with E-state index in [1.165, 1.54) is 0 Å². The van der Waals surface area contributed by atoms with E-state index in [9.17, 15) is 5.11 Å². The lowest BCUT2D eigenvalue weighted by Gasteiger charge is -2.27. The van der Waals surface area contributed by atoms with Gasteiger partial charge in [0, 0.05) is 23.5 Å². The van der Waals surface area contributed by atoms with Crippen molar-refractivity contribution in [3.8, 4) is 0 Å². The molecule has 0 amide bonds. The third kappa shape index (κ3) is 1.96. The topological polar surface area (TPSA) is 23.5 Å². The van der Waals surface area contributed by atoms with E-state index in [1.54, 1.807) is 0 Å². The van der Waals surface area contributed by atoms with Crippen LogP contribution in [0.2, 0.25) is 0 Å². The van der Waals surface area contributed by atoms with Crippen molar-refractivity contribution < 1.29 is 5.11 Å². The van der Waals surface area contributed by atoms with Gasteiger partial charge in [0.1, 0.15) is 5.60 Å². The second kappa shape index (κ2) is 3.89. The number of likely N-dealkylation sites (N-methyl/N-ethyl adjacent to an activating group) is 1. The lowest BCUT2D eigenvalue weighted by molar-refractivity contribution is 0.0146. The maximum atomic E-state index is 10.6. The molecule has 0 spiro atoms. The maximum absolute atomic E-state index is 10.6. The third-order valence-electron chi connectivity index (χ3n) is 3.26. The van der Waals surface area contributed by atoms with Crippen LogP contribution in [-0.4, -0.2) is 30.1 Å². The van der Waals surface area contributed by atoms with Gasteiger partial charge in [-0.15, -0.1) is 0 Å². The number of aliphatic hydroxyl groups is 1. The number of rotatable bonds is 1. The lowest BCUT2D eigenvalue weighted by atomic mass is 9.85. The molecule has 2 atom stereocenters. The molecule has 3 heteroatoms. The van der Waals surface area contributed by atoms with Crippen LogP contribution in [0.4, 0.5) is 0 Å². The number of benzene rings is 1. The molecule has 2 nitrogen and oxygen atoms in total. The average molecular weight is 270 g/mol. The molecule has 0 radical (unpaired) electrons. The fourth-order valence-corrected chi connectivity index (χ4v) is 2.63. The van der Waals surface area contributed by atoms with Gasteiger partial charge >= 0.3 is 0 Å². The van der Waals surface area contributed by atoms with Crippen LogP contribution in [0.15, 0.2) is 28.7 Å². The summed E-state index contributed by atoms with van der Waals surface area (Å²) in [7, 11) is 2.05. The van der Waals surface area contributed by atoms with Crippen LogP contribution in [0.5, 0.6) is 0 Å². The molecule has 0 saturated carbocycles. The van der Waals surface area contributed by atoms with E-state index >= 15 is 0 Å². The van der Waals surface area contributed by atoms with E-state index in [2.05, 4.69) is 27.8 Å². The zero-order valence-electron chi connectivity index (χ0n) is 9.07. The largest absolute Gasteiger partial charge is 0.383 e. The van der Waals surface area contributed by atoms with Crippen molar-refractivity contribution in [2.75, 3.05) is 20.1 Å². The van der Waals surface area contributed by atoms with Gasteiger partial charge in [-0.05, 0) is 24.7 Å². The van der Waals surface area contributed by atoms with Crippen molar-refractivity contribution in [1.82, 2.24) is 4.90 Å². The van der Waals surface area contributed by atoms with E-state index in [0.29, 0.717) is 0 Å². The van der Waals surface area contributed by atoms with Crippen molar-refractivity contribution in [2.24, 2.45) is 5.92 Å². The molecule has 1 aromatic carbocycles. The summed E-state index contributed by atoms with van der Waals surface area (Å²) in [5.41, 5.74) is 0.331. The molecule has 1 saturated heterocycles. The highest BCUT2D eigenvalue weighted by atomic mass is 79.9. The fourth-order valence-electron chi connectivity index (χ4n) is 2.36. The SMILES string of the molecule is C[C@@H]1CN(C)C[C@@]1(O)c1ccc(Br)cc1. The number of hydrogen-bond donors (Lipinski definition) is 1. The van der Waals surface area contributed by atoms with Crippen LogP contribution in [0.25, 0.3) is 0 Å². The summed E-state index contributed by atoms with van der Waals surface area (Å²) in [6.45, 7) is 3.77. The first-order chi connectivity index (χ1) is 7.02. The molecule has 0 unspecified atom stereocenters. The number of nitrogens with zero attached hydrogens (tertiary/aromatic N) is 1. The first kappa shape index (κ1) is 11.1. The van der Waals surface area contributed by atoms with E-state index in [1.807, 2.05) is 31.3 Å². The Morgan fingerprint density at radius 2 is 2.00 bits per heavy atom. The van der Waals surface area contributed by atoms with E-state index in [4.69, 9.17) is 0 Å². The monoisotopic (exact) mass is 269 g/mol. The van der Waals surface area contributed by atoms with Gasteiger partial charge in [-0.1, -0.05) is 35.0 Å². The molecule has 1 fully saturated rings. The van der Waals surface area contributed by atoms with E-state index < -0.39 is 5.60 Å². The predicted molar refractivity (Wildman–Crippen MR) is 64.7 cm³/mol. The fraction of sp³-hybridized carbons (Fsp3) is 0.500. The normalized spacial score (nSPS) is 32.1. The highest BCUT2D eigenvalue weighted by molar-refractivity contribution is 9.10. The highest BCUT2D eigenvalue weighted by Gasteiger charge is 2.42. The summed E-state index contributed by atoms with van der Waals surface area (Å²) in [5, 5.41) is 10.6. The van der Waals surface area contributed by atoms with E-state index in [0.717, 1.165) is 23.1 Å². The zero-order chi connectivity index (χ0) is 11.1. The van der Waals surface area contributed by atoms with Gasteiger partial charge in [0.05, 0.1) is 0 Å². The Hall–Kier alpha value is -0.380. The molecule has 1 aliphatic heterocycles. The van der Waals surface area contributed by atoms with Gasteiger partial charge in [0.15, 0.2) is 0 Å². The molecular weight excluding hydrogens is 254 g/mol. The first-order valence-corrected chi connectivity index (χ1v) is 5.98. The second-order valence-corrected chi connectivity index (χ2v) is 5.44. The second-order valence-electron chi connectivity index (χ2n) is 4.53. The average Bonchev–Trinajstić information content (AvgIpc) is 2.42. The molecule has 1 N–H and O–H groups in total. The number of halogens is 1. The Morgan fingerprint density at radius 3 is 2.47 bits per heavy atom. The summed E-state index contributed by atoms with van der Waals surface area (Å²) in [6.07, 6.45) is 0. The summed E-state index contributed by atoms with van der Waals surface area (Å²) in [6, 6.07) is 7.97. The highest BCUT2D eigenvalue weighted by Crippen LogP contribution is 2.36. The molecule has 1 heterocycles. The van der Waals surface area contributed by atoms with Crippen molar-refractivity contribution in [3.63, 3.8) is 0 Å². The van der Waals surface area contributed by atoms with Crippen molar-refractivity contribution in [1.29, 1.82) is 0 Å². The minimum Gasteiger partial charge on any atom is -0.383 e. The zero-order valence-corrected chi connectivity index (χ0v) is 10.7. The Morgan fingerprint density at radius 1 is 1.40 bits per heavy atom. The van der Waals surface area contributed by atoms with Crippen LogP contribution in [0.3, 0.4) is 0 Å². The maximum Gasteiger partial charge on any atom is 0.106 e. The quantitative estimate of drug-likeness (QED) is 0.845. The summed E-state index contributed by atoms with van der Waals surface area (Å²) in [5.74, 6) is 0.281. The number of β-amino-alcohol motifs (C(OH)–C–C–N with tert-alkyl or cyclic N) is 1. The van der Waals surface area contributed by atoms with Crippen molar-refractivity contribution in [2.45, 2.75) is 12.5 Å². The standard InChI is InChI=1S/C12H16BrNO/c1-9-7-14(2)8-12(9,15)10-3-5-11(13)6-4-10/h3-6,9,15H,7-8H2,1-2H3/t9-,12+/m1/s1. The Labute approximate surface area is 99.0 Å². The van der Waals surface area contributed by atoms with Gasteiger partial charge in [-0.2, -0.15) is 0 Å². The number of hydrogen-bond acceptors (Lipinski definition) is 2. The third-order valence-corrected chi connectivity index (χ3v) is 3.78. The Kier molecular flexibility index (Phi) is 2.88. The lowest BCUT2D eigenvalue weighted by Crippen LogP contribution is -2.33. The Balaban J connectivity index is 2.33. The molecule has 82 valence electrons. The molecule has 1 aromatic rings. The van der Waals surface area contributed by atoms with Crippen molar-refractivity contribution in [3.05, 3.63) is 34.3 Å².